The van der Waals surface area contributed by atoms with E-state index in [0.717, 1.165) is 5.69 Å². The number of Topliss-reactive ketones (excluding diaryl/α,β-unsaturated/α-hetero) is 1. The van der Waals surface area contributed by atoms with Gasteiger partial charge in [-0.3, -0.25) is 14.5 Å². The van der Waals surface area contributed by atoms with Crippen LogP contribution in [0.15, 0.2) is 66.2 Å². The minimum Gasteiger partial charge on any atom is -0.507 e. The smallest absolute Gasteiger partial charge is 0.300 e. The normalized spacial score (nSPS) is 19.0. The third-order valence-electron chi connectivity index (χ3n) is 6.14. The van der Waals surface area contributed by atoms with Crippen LogP contribution < -0.4 is 14.5 Å². The molecule has 178 valence electrons. The molecule has 5 rings (SSSR count). The Bertz CT molecular complexity index is 1390. The van der Waals surface area contributed by atoms with Crippen molar-refractivity contribution in [3.8, 4) is 5.75 Å². The molecule has 1 N–H and O–H groups in total. The van der Waals surface area contributed by atoms with Gasteiger partial charge in [-0.2, -0.15) is 0 Å². The number of amides is 1. The summed E-state index contributed by atoms with van der Waals surface area (Å²) in [7, 11) is 1.90. The number of aliphatic hydroxyl groups is 1. The summed E-state index contributed by atoms with van der Waals surface area (Å²) < 4.78 is 19.3. The maximum atomic E-state index is 13.6. The molecule has 0 aromatic heterocycles. The van der Waals surface area contributed by atoms with Gasteiger partial charge in [-0.05, 0) is 60.2 Å². The lowest BCUT2D eigenvalue weighted by Gasteiger charge is -2.28. The Morgan fingerprint density at radius 1 is 1.03 bits per heavy atom. The number of fused-ring (bicyclic) bond motifs is 1. The molecule has 9 heteroatoms. The Morgan fingerprint density at radius 2 is 1.77 bits per heavy atom. The molecule has 0 radical (unpaired) electrons. The van der Waals surface area contributed by atoms with Gasteiger partial charge in [-0.15, -0.1) is 0 Å². The van der Waals surface area contributed by atoms with Crippen molar-refractivity contribution in [2.75, 3.05) is 30.0 Å². The first-order valence-electron chi connectivity index (χ1n) is 10.8. The van der Waals surface area contributed by atoms with Gasteiger partial charge in [0.15, 0.2) is 0 Å². The zero-order valence-electron chi connectivity index (χ0n) is 18.5. The lowest BCUT2D eigenvalue weighted by molar-refractivity contribution is -0.132. The van der Waals surface area contributed by atoms with Gasteiger partial charge in [-0.25, -0.2) is 4.39 Å². The summed E-state index contributed by atoms with van der Waals surface area (Å²) >= 11 is 12.3. The number of rotatable bonds is 3. The van der Waals surface area contributed by atoms with E-state index in [-0.39, 0.29) is 16.4 Å². The zero-order chi connectivity index (χ0) is 24.9. The molecule has 1 amide bonds. The fraction of sp³-hybridized carbons (Fsp3) is 0.154. The minimum absolute atomic E-state index is 0.114. The maximum Gasteiger partial charge on any atom is 0.300 e. The summed E-state index contributed by atoms with van der Waals surface area (Å²) in [5.74, 6) is -1.90. The first kappa shape index (κ1) is 23.2. The number of carbonyl (C=O) groups is 2. The van der Waals surface area contributed by atoms with Gasteiger partial charge in [0, 0.05) is 18.3 Å². The van der Waals surface area contributed by atoms with Crippen molar-refractivity contribution in [3.63, 3.8) is 0 Å². The monoisotopic (exact) mass is 512 g/mol. The summed E-state index contributed by atoms with van der Waals surface area (Å²) in [5, 5.41) is 11.9. The van der Waals surface area contributed by atoms with Crippen molar-refractivity contribution in [2.45, 2.75) is 6.04 Å². The van der Waals surface area contributed by atoms with Gasteiger partial charge in [0.25, 0.3) is 11.7 Å². The van der Waals surface area contributed by atoms with E-state index < -0.39 is 23.5 Å². The van der Waals surface area contributed by atoms with Gasteiger partial charge in [0.2, 0.25) is 0 Å². The summed E-state index contributed by atoms with van der Waals surface area (Å²) in [6.45, 7) is 1.20. The van der Waals surface area contributed by atoms with Crippen LogP contribution in [0.2, 0.25) is 10.0 Å². The highest BCUT2D eigenvalue weighted by molar-refractivity contribution is 6.51. The van der Waals surface area contributed by atoms with Gasteiger partial charge >= 0.3 is 0 Å². The lowest BCUT2D eigenvalue weighted by atomic mass is 9.94. The van der Waals surface area contributed by atoms with Crippen LogP contribution in [0, 0.1) is 5.82 Å². The average molecular weight is 513 g/mol. The molecule has 0 aliphatic carbocycles. The molecule has 6 nitrogen and oxygen atoms in total. The van der Waals surface area contributed by atoms with E-state index in [1.165, 1.54) is 29.2 Å². The maximum absolute atomic E-state index is 13.6. The topological polar surface area (TPSA) is 70.1 Å². The molecular formula is C26H19Cl2FN2O4. The largest absolute Gasteiger partial charge is 0.507 e. The fourth-order valence-corrected chi connectivity index (χ4v) is 4.66. The summed E-state index contributed by atoms with van der Waals surface area (Å²) in [6.07, 6.45) is 0. The number of carbonyl (C=O) groups excluding carboxylic acids is 2. The molecule has 1 unspecified atom stereocenters. The minimum atomic E-state index is -1.01. The molecule has 1 atom stereocenters. The zero-order valence-corrected chi connectivity index (χ0v) is 20.0. The SMILES string of the molecule is CN1CCOc2ccc(/C(O)=C3/C(=O)C(=O)N(c4ccc(F)cc4)C3c3ccc(Cl)c(Cl)c3)cc21. The van der Waals surface area contributed by atoms with Crippen LogP contribution in [0.1, 0.15) is 17.2 Å². The molecule has 1 saturated heterocycles. The molecule has 0 spiro atoms. The first-order valence-corrected chi connectivity index (χ1v) is 11.5. The Morgan fingerprint density at radius 3 is 2.49 bits per heavy atom. The van der Waals surface area contributed by atoms with E-state index >= 15 is 0 Å². The quantitative estimate of drug-likeness (QED) is 0.281. The Kier molecular flexibility index (Phi) is 5.91. The molecule has 3 aromatic rings. The third-order valence-corrected chi connectivity index (χ3v) is 6.88. The van der Waals surface area contributed by atoms with E-state index in [4.69, 9.17) is 27.9 Å². The second kappa shape index (κ2) is 8.91. The van der Waals surface area contributed by atoms with Gasteiger partial charge in [0.1, 0.15) is 23.9 Å². The number of aliphatic hydroxyl groups excluding tert-OH is 1. The van der Waals surface area contributed by atoms with E-state index in [1.54, 1.807) is 36.4 Å². The fourth-order valence-electron chi connectivity index (χ4n) is 4.35. The second-order valence-electron chi connectivity index (χ2n) is 8.27. The van der Waals surface area contributed by atoms with E-state index in [9.17, 15) is 19.1 Å². The lowest BCUT2D eigenvalue weighted by Crippen LogP contribution is -2.29. The Balaban J connectivity index is 1.71. The van der Waals surface area contributed by atoms with Crippen LogP contribution >= 0.6 is 23.2 Å². The molecule has 2 aliphatic heterocycles. The van der Waals surface area contributed by atoms with Crippen LogP contribution in [0.5, 0.6) is 5.75 Å². The summed E-state index contributed by atoms with van der Waals surface area (Å²) in [5.41, 5.74) is 1.74. The highest BCUT2D eigenvalue weighted by Crippen LogP contribution is 2.44. The first-order chi connectivity index (χ1) is 16.8. The molecule has 0 saturated carbocycles. The second-order valence-corrected chi connectivity index (χ2v) is 9.09. The molecule has 2 aliphatic rings. The van der Waals surface area contributed by atoms with Crippen LogP contribution in [0.25, 0.3) is 5.76 Å². The number of ether oxygens (including phenoxy) is 1. The number of nitrogens with zero attached hydrogens (tertiary/aromatic N) is 2. The van der Waals surface area contributed by atoms with Crippen molar-refractivity contribution in [3.05, 3.63) is 93.2 Å². The predicted molar refractivity (Wildman–Crippen MR) is 133 cm³/mol. The van der Waals surface area contributed by atoms with E-state index in [0.29, 0.717) is 40.7 Å². The van der Waals surface area contributed by atoms with Crippen LogP contribution in [0.3, 0.4) is 0 Å². The van der Waals surface area contributed by atoms with E-state index in [2.05, 4.69) is 0 Å². The van der Waals surface area contributed by atoms with Gasteiger partial charge < -0.3 is 14.7 Å². The van der Waals surface area contributed by atoms with E-state index in [1.807, 2.05) is 11.9 Å². The van der Waals surface area contributed by atoms with Crippen LogP contribution in [-0.2, 0) is 9.59 Å². The number of halogens is 3. The van der Waals surface area contributed by atoms with Crippen LogP contribution in [0.4, 0.5) is 15.8 Å². The number of likely N-dealkylation sites (N-methyl/N-ethyl adjacent to an activating group) is 1. The molecular weight excluding hydrogens is 494 g/mol. The van der Waals surface area contributed by atoms with Gasteiger partial charge in [-0.1, -0.05) is 29.3 Å². The van der Waals surface area contributed by atoms with Crippen molar-refractivity contribution in [2.24, 2.45) is 0 Å². The summed E-state index contributed by atoms with van der Waals surface area (Å²) in [4.78, 5) is 29.7. The standard InChI is InChI=1S/C26H19Cl2FN2O4/c1-30-10-11-35-21-9-3-15(13-20(21)30)24(32)22-23(14-2-8-18(27)19(28)12-14)31(26(34)25(22)33)17-6-4-16(29)5-7-17/h2-9,12-13,23,32H,10-11H2,1H3/b24-22-. The number of ketones is 1. The third kappa shape index (κ3) is 4.00. The number of anilines is 2. The molecule has 2 heterocycles. The molecule has 35 heavy (non-hydrogen) atoms. The van der Waals surface area contributed by atoms with Crippen LogP contribution in [-0.4, -0.2) is 37.0 Å². The Hall–Kier alpha value is -3.55. The predicted octanol–water partition coefficient (Wildman–Crippen LogP) is 5.59. The Labute approximate surface area is 210 Å². The number of hydrogen-bond donors (Lipinski definition) is 1. The van der Waals surface area contributed by atoms with Crippen molar-refractivity contribution in [1.29, 1.82) is 0 Å². The molecule has 1 fully saturated rings. The average Bonchev–Trinajstić information content (AvgIpc) is 3.11. The van der Waals surface area contributed by atoms with Crippen molar-refractivity contribution >= 4 is 52.0 Å². The molecule has 0 bridgehead atoms. The summed E-state index contributed by atoms with van der Waals surface area (Å²) in [6, 6.07) is 13.9. The number of hydrogen-bond acceptors (Lipinski definition) is 5. The number of benzene rings is 3. The van der Waals surface area contributed by atoms with Crippen molar-refractivity contribution in [1.82, 2.24) is 0 Å². The highest BCUT2D eigenvalue weighted by atomic mass is 35.5. The van der Waals surface area contributed by atoms with Gasteiger partial charge in [0.05, 0.1) is 33.9 Å². The highest BCUT2D eigenvalue weighted by Gasteiger charge is 2.47. The molecule has 3 aromatic carbocycles. The van der Waals surface area contributed by atoms with Crippen molar-refractivity contribution < 1.29 is 23.8 Å².